The third kappa shape index (κ3) is 5.31. The molecule has 0 aromatic heterocycles. The zero-order chi connectivity index (χ0) is 21.7. The molecule has 0 aliphatic heterocycles. The summed E-state index contributed by atoms with van der Waals surface area (Å²) in [4.78, 5) is 10.5. The van der Waals surface area contributed by atoms with Gasteiger partial charge in [0.1, 0.15) is 6.61 Å². The van der Waals surface area contributed by atoms with Crippen LogP contribution in [0.15, 0.2) is 60.7 Å². The summed E-state index contributed by atoms with van der Waals surface area (Å²) >= 11 is 18.5. The predicted molar refractivity (Wildman–Crippen MR) is 119 cm³/mol. The molecule has 0 spiro atoms. The van der Waals surface area contributed by atoms with Crippen molar-refractivity contribution >= 4 is 52.1 Å². The van der Waals surface area contributed by atoms with Crippen LogP contribution in [0, 0.1) is 21.4 Å². The third-order valence-electron chi connectivity index (χ3n) is 4.12. The average Bonchev–Trinajstić information content (AvgIpc) is 2.72. The zero-order valence-corrected chi connectivity index (χ0v) is 17.6. The molecule has 150 valence electrons. The van der Waals surface area contributed by atoms with Crippen LogP contribution in [0.1, 0.15) is 16.7 Å². The van der Waals surface area contributed by atoms with E-state index in [1.807, 2.05) is 18.2 Å². The number of halogens is 3. The molecule has 3 rings (SSSR count). The molecule has 0 saturated heterocycles. The summed E-state index contributed by atoms with van der Waals surface area (Å²) < 4.78 is 5.74. The van der Waals surface area contributed by atoms with E-state index in [0.717, 1.165) is 5.56 Å². The van der Waals surface area contributed by atoms with E-state index in [1.54, 1.807) is 36.4 Å². The molecular formula is C22H13Cl3N2O3. The summed E-state index contributed by atoms with van der Waals surface area (Å²) in [6.07, 6.45) is 1.56. The van der Waals surface area contributed by atoms with E-state index in [-0.39, 0.29) is 27.9 Å². The maximum atomic E-state index is 11.0. The van der Waals surface area contributed by atoms with Crippen molar-refractivity contribution in [2.24, 2.45) is 0 Å². The molecule has 5 nitrogen and oxygen atoms in total. The zero-order valence-electron chi connectivity index (χ0n) is 15.3. The van der Waals surface area contributed by atoms with Crippen molar-refractivity contribution in [1.82, 2.24) is 0 Å². The van der Waals surface area contributed by atoms with Crippen LogP contribution in [-0.4, -0.2) is 4.92 Å². The SMILES string of the molecule is N#CC(=Cc1cc(Cl)c(OCc2ccc(Cl)cc2)c(Cl)c1)c1cccc([N+](=O)[O-])c1. The third-order valence-corrected chi connectivity index (χ3v) is 4.93. The molecule has 0 saturated carbocycles. The molecule has 0 radical (unpaired) electrons. The number of nitrogens with zero attached hydrogens (tertiary/aromatic N) is 2. The molecule has 0 unspecified atom stereocenters. The fourth-order valence-electron chi connectivity index (χ4n) is 2.67. The Morgan fingerprint density at radius 2 is 1.73 bits per heavy atom. The standard InChI is InChI=1S/C22H13Cl3N2O3/c23-18-6-4-14(5-7-18)13-30-22-20(24)9-15(10-21(22)25)8-17(12-26)16-2-1-3-19(11-16)27(28)29/h1-11H,13H2. The molecule has 0 aliphatic rings. The summed E-state index contributed by atoms with van der Waals surface area (Å²) in [5, 5.41) is 21.7. The molecular weight excluding hydrogens is 447 g/mol. The van der Waals surface area contributed by atoms with Crippen molar-refractivity contribution in [2.75, 3.05) is 0 Å². The van der Waals surface area contributed by atoms with Gasteiger partial charge in [-0.3, -0.25) is 10.1 Å². The summed E-state index contributed by atoms with van der Waals surface area (Å²) in [7, 11) is 0. The van der Waals surface area contributed by atoms with Crippen molar-refractivity contribution in [3.8, 4) is 11.8 Å². The quantitative estimate of drug-likeness (QED) is 0.169. The number of rotatable bonds is 6. The minimum Gasteiger partial charge on any atom is -0.486 e. The Balaban J connectivity index is 1.86. The smallest absolute Gasteiger partial charge is 0.270 e. The average molecular weight is 460 g/mol. The first-order valence-corrected chi connectivity index (χ1v) is 9.73. The van der Waals surface area contributed by atoms with E-state index in [0.29, 0.717) is 21.9 Å². The minimum atomic E-state index is -0.515. The van der Waals surface area contributed by atoms with Gasteiger partial charge in [-0.15, -0.1) is 0 Å². The number of non-ortho nitro benzene ring substituents is 1. The maximum Gasteiger partial charge on any atom is 0.270 e. The summed E-state index contributed by atoms with van der Waals surface area (Å²) in [5.74, 6) is 0.319. The van der Waals surface area contributed by atoms with Crippen LogP contribution in [-0.2, 0) is 6.61 Å². The molecule has 30 heavy (non-hydrogen) atoms. The fourth-order valence-corrected chi connectivity index (χ4v) is 3.41. The van der Waals surface area contributed by atoms with E-state index in [2.05, 4.69) is 0 Å². The van der Waals surface area contributed by atoms with Crippen molar-refractivity contribution in [1.29, 1.82) is 5.26 Å². The summed E-state index contributed by atoms with van der Waals surface area (Å²) in [6, 6.07) is 18.3. The van der Waals surface area contributed by atoms with Crippen LogP contribution in [0.4, 0.5) is 5.69 Å². The van der Waals surface area contributed by atoms with Gasteiger partial charge in [0.25, 0.3) is 5.69 Å². The van der Waals surface area contributed by atoms with Crippen molar-refractivity contribution in [3.05, 3.63) is 103 Å². The molecule has 0 heterocycles. The minimum absolute atomic E-state index is 0.101. The second kappa shape index (κ2) is 9.64. The highest BCUT2D eigenvalue weighted by Crippen LogP contribution is 2.36. The Hall–Kier alpha value is -3.04. The molecule has 3 aromatic carbocycles. The summed E-state index contributed by atoms with van der Waals surface area (Å²) in [5.41, 5.74) is 2.01. The van der Waals surface area contributed by atoms with E-state index >= 15 is 0 Å². The van der Waals surface area contributed by atoms with Crippen LogP contribution in [0.3, 0.4) is 0 Å². The Labute approximate surface area is 187 Å². The van der Waals surface area contributed by atoms with Gasteiger partial charge in [0, 0.05) is 17.2 Å². The fraction of sp³-hybridized carbons (Fsp3) is 0.0455. The number of nitro groups is 1. The lowest BCUT2D eigenvalue weighted by molar-refractivity contribution is -0.384. The van der Waals surface area contributed by atoms with Gasteiger partial charge in [0.05, 0.1) is 26.6 Å². The van der Waals surface area contributed by atoms with Gasteiger partial charge >= 0.3 is 0 Å². The second-order valence-corrected chi connectivity index (χ2v) is 7.46. The Morgan fingerprint density at radius 1 is 1.07 bits per heavy atom. The Kier molecular flexibility index (Phi) is 6.96. The van der Waals surface area contributed by atoms with Gasteiger partial charge in [-0.2, -0.15) is 5.26 Å². The molecule has 8 heteroatoms. The number of ether oxygens (including phenoxy) is 1. The molecule has 0 fully saturated rings. The van der Waals surface area contributed by atoms with Crippen LogP contribution in [0.2, 0.25) is 15.1 Å². The first-order valence-electron chi connectivity index (χ1n) is 8.60. The molecule has 0 N–H and O–H groups in total. The normalized spacial score (nSPS) is 11.1. The Morgan fingerprint density at radius 3 is 2.33 bits per heavy atom. The maximum absolute atomic E-state index is 11.0. The first-order chi connectivity index (χ1) is 14.4. The van der Waals surface area contributed by atoms with E-state index in [1.165, 1.54) is 18.2 Å². The number of nitro benzene ring substituents is 1. The molecule has 0 amide bonds. The second-order valence-electron chi connectivity index (χ2n) is 6.21. The molecule has 0 atom stereocenters. The molecule has 3 aromatic rings. The van der Waals surface area contributed by atoms with Gasteiger partial charge in [-0.05, 0) is 47.0 Å². The number of nitriles is 1. The highest BCUT2D eigenvalue weighted by Gasteiger charge is 2.12. The van der Waals surface area contributed by atoms with E-state index in [9.17, 15) is 15.4 Å². The van der Waals surface area contributed by atoms with Crippen molar-refractivity contribution in [2.45, 2.75) is 6.61 Å². The van der Waals surface area contributed by atoms with Crippen LogP contribution >= 0.6 is 34.8 Å². The predicted octanol–water partition coefficient (Wildman–Crippen LogP) is 7.20. The van der Waals surface area contributed by atoms with Gasteiger partial charge in [0.2, 0.25) is 0 Å². The van der Waals surface area contributed by atoms with Gasteiger partial charge in [-0.25, -0.2) is 0 Å². The lowest BCUT2D eigenvalue weighted by Crippen LogP contribution is -1.97. The number of allylic oxidation sites excluding steroid dienone is 1. The van der Waals surface area contributed by atoms with Gasteiger partial charge < -0.3 is 4.74 Å². The molecule has 0 aliphatic carbocycles. The van der Waals surface area contributed by atoms with Crippen LogP contribution in [0.25, 0.3) is 11.6 Å². The number of benzene rings is 3. The van der Waals surface area contributed by atoms with Crippen molar-refractivity contribution in [3.63, 3.8) is 0 Å². The highest BCUT2D eigenvalue weighted by atomic mass is 35.5. The number of hydrogen-bond donors (Lipinski definition) is 0. The summed E-state index contributed by atoms with van der Waals surface area (Å²) in [6.45, 7) is 0.253. The largest absolute Gasteiger partial charge is 0.486 e. The lowest BCUT2D eigenvalue weighted by Gasteiger charge is -2.11. The topological polar surface area (TPSA) is 76.2 Å². The van der Waals surface area contributed by atoms with Gasteiger partial charge in [-0.1, -0.05) is 59.1 Å². The van der Waals surface area contributed by atoms with Crippen LogP contribution in [0.5, 0.6) is 5.75 Å². The van der Waals surface area contributed by atoms with E-state index in [4.69, 9.17) is 39.5 Å². The highest BCUT2D eigenvalue weighted by molar-refractivity contribution is 6.37. The molecule has 0 bridgehead atoms. The monoisotopic (exact) mass is 458 g/mol. The Bertz CT molecular complexity index is 1150. The van der Waals surface area contributed by atoms with Crippen molar-refractivity contribution < 1.29 is 9.66 Å². The van der Waals surface area contributed by atoms with E-state index < -0.39 is 4.92 Å². The lowest BCUT2D eigenvalue weighted by atomic mass is 10.0. The van der Waals surface area contributed by atoms with Crippen LogP contribution < -0.4 is 4.74 Å². The number of hydrogen-bond acceptors (Lipinski definition) is 4. The first kappa shape index (κ1) is 21.7. The van der Waals surface area contributed by atoms with Gasteiger partial charge in [0.15, 0.2) is 5.75 Å².